The normalized spacial score (nSPS) is 10.9. The number of hydrogen-bond donors (Lipinski definition) is 0. The van der Waals surface area contributed by atoms with Gasteiger partial charge in [0.15, 0.2) is 0 Å². The summed E-state index contributed by atoms with van der Waals surface area (Å²) in [5.41, 5.74) is 2.62. The third-order valence-electron chi connectivity index (χ3n) is 3.57. The first-order valence-corrected chi connectivity index (χ1v) is 10.9. The minimum atomic E-state index is 0.362. The first-order chi connectivity index (χ1) is 10.6. The fourth-order valence-corrected chi connectivity index (χ4v) is 6.36. The molecule has 3 aromatic carbocycles. The maximum atomic E-state index is 2.27. The van der Waals surface area contributed by atoms with Gasteiger partial charge in [0.1, 0.15) is 0 Å². The molecule has 3 rings (SSSR count). The van der Waals surface area contributed by atoms with Crippen molar-refractivity contribution >= 4 is 44.9 Å². The van der Waals surface area contributed by atoms with Crippen LogP contribution in [0.1, 0.15) is 5.56 Å². The molecule has 3 aromatic rings. The zero-order chi connectivity index (χ0) is 15.5. The van der Waals surface area contributed by atoms with Gasteiger partial charge in [-0.25, -0.2) is 0 Å². The Hall–Kier alpha value is -1.41. The number of fused-ring (bicyclic) bond motifs is 1. The Morgan fingerprint density at radius 3 is 2.23 bits per heavy atom. The van der Waals surface area contributed by atoms with Gasteiger partial charge in [-0.2, -0.15) is 0 Å². The molecule has 0 aliphatic heterocycles. The van der Waals surface area contributed by atoms with Crippen LogP contribution in [-0.4, -0.2) is 27.9 Å². The monoisotopic (exact) mass is 373 g/mol. The van der Waals surface area contributed by atoms with Crippen molar-refractivity contribution in [1.29, 1.82) is 0 Å². The Labute approximate surface area is 141 Å². The van der Waals surface area contributed by atoms with Crippen LogP contribution in [0.3, 0.4) is 0 Å². The minimum absolute atomic E-state index is 0.362. The number of nitrogens with zero attached hydrogens (tertiary/aromatic N) is 1. The van der Waals surface area contributed by atoms with Gasteiger partial charge in [0.25, 0.3) is 0 Å². The molecule has 0 heterocycles. The standard InChI is InChI=1S/C19H19NSSe/c1-14-10-12-16(13-11-14)21-22-18-9-5-7-15-6-4-8-17(19(15)18)20(2)3/h4-13H,1-3H3. The summed E-state index contributed by atoms with van der Waals surface area (Å²) < 4.78 is 1.46. The molecule has 0 aliphatic rings. The number of benzene rings is 3. The van der Waals surface area contributed by atoms with Crippen LogP contribution >= 0.6 is 10.2 Å². The average Bonchev–Trinajstić information content (AvgIpc) is 2.53. The Kier molecular flexibility index (Phi) is 4.77. The van der Waals surface area contributed by atoms with Gasteiger partial charge in [-0.3, -0.25) is 0 Å². The average molecular weight is 372 g/mol. The van der Waals surface area contributed by atoms with Gasteiger partial charge in [0.05, 0.1) is 0 Å². The molecular formula is C19H19NSSe. The molecule has 0 spiro atoms. The SMILES string of the molecule is Cc1ccc(S[Se]c2cccc3cccc(N(C)C)c23)cc1. The molecule has 0 fully saturated rings. The molecule has 0 atom stereocenters. The Bertz CT molecular complexity index is 776. The summed E-state index contributed by atoms with van der Waals surface area (Å²) in [6.07, 6.45) is 0. The van der Waals surface area contributed by atoms with E-state index >= 15 is 0 Å². The van der Waals surface area contributed by atoms with Crippen molar-refractivity contribution in [3.63, 3.8) is 0 Å². The van der Waals surface area contributed by atoms with E-state index in [1.807, 2.05) is 10.2 Å². The maximum absolute atomic E-state index is 2.27. The predicted octanol–water partition coefficient (Wildman–Crippen LogP) is 4.25. The molecule has 0 aliphatic carbocycles. The number of rotatable bonds is 4. The van der Waals surface area contributed by atoms with Crippen LogP contribution in [0.2, 0.25) is 0 Å². The van der Waals surface area contributed by atoms with Crippen LogP contribution in [0, 0.1) is 6.92 Å². The second-order valence-corrected chi connectivity index (χ2v) is 9.33. The van der Waals surface area contributed by atoms with E-state index in [9.17, 15) is 0 Å². The van der Waals surface area contributed by atoms with Gasteiger partial charge in [-0.1, -0.05) is 0 Å². The summed E-state index contributed by atoms with van der Waals surface area (Å²) in [5, 5.41) is 2.73. The molecule has 0 saturated heterocycles. The summed E-state index contributed by atoms with van der Waals surface area (Å²) >= 11 is 0.362. The third kappa shape index (κ3) is 3.33. The van der Waals surface area contributed by atoms with E-state index in [0.29, 0.717) is 13.8 Å². The summed E-state index contributed by atoms with van der Waals surface area (Å²) in [6, 6.07) is 22.0. The van der Waals surface area contributed by atoms with Gasteiger partial charge in [-0.15, -0.1) is 0 Å². The summed E-state index contributed by atoms with van der Waals surface area (Å²) in [5.74, 6) is 0. The van der Waals surface area contributed by atoms with Crippen molar-refractivity contribution in [2.45, 2.75) is 11.8 Å². The van der Waals surface area contributed by atoms with Crippen molar-refractivity contribution < 1.29 is 0 Å². The molecule has 3 heteroatoms. The molecule has 22 heavy (non-hydrogen) atoms. The van der Waals surface area contributed by atoms with Gasteiger partial charge >= 0.3 is 142 Å². The van der Waals surface area contributed by atoms with E-state index in [0.717, 1.165) is 0 Å². The Balaban J connectivity index is 1.94. The van der Waals surface area contributed by atoms with Crippen molar-refractivity contribution in [1.82, 2.24) is 0 Å². The van der Waals surface area contributed by atoms with Gasteiger partial charge in [0, 0.05) is 0 Å². The summed E-state index contributed by atoms with van der Waals surface area (Å²) in [7, 11) is 6.19. The van der Waals surface area contributed by atoms with Crippen LogP contribution in [0.4, 0.5) is 5.69 Å². The number of aryl methyl sites for hydroxylation is 1. The van der Waals surface area contributed by atoms with Crippen LogP contribution in [-0.2, 0) is 0 Å². The number of hydrogen-bond acceptors (Lipinski definition) is 2. The zero-order valence-electron chi connectivity index (χ0n) is 13.0. The Morgan fingerprint density at radius 2 is 1.55 bits per heavy atom. The van der Waals surface area contributed by atoms with Crippen molar-refractivity contribution in [3.8, 4) is 0 Å². The second kappa shape index (κ2) is 6.78. The van der Waals surface area contributed by atoms with E-state index in [-0.39, 0.29) is 0 Å². The van der Waals surface area contributed by atoms with Crippen molar-refractivity contribution in [2.75, 3.05) is 19.0 Å². The second-order valence-electron chi connectivity index (χ2n) is 5.51. The van der Waals surface area contributed by atoms with Crippen molar-refractivity contribution in [3.05, 3.63) is 66.2 Å². The van der Waals surface area contributed by atoms with E-state index in [1.165, 1.54) is 31.4 Å². The van der Waals surface area contributed by atoms with E-state index in [1.54, 1.807) is 0 Å². The van der Waals surface area contributed by atoms with Gasteiger partial charge in [0.2, 0.25) is 0 Å². The molecule has 0 saturated carbocycles. The molecule has 112 valence electrons. The molecule has 0 aromatic heterocycles. The fourth-order valence-electron chi connectivity index (χ4n) is 2.42. The molecule has 0 unspecified atom stereocenters. The van der Waals surface area contributed by atoms with E-state index in [2.05, 4.69) is 86.6 Å². The summed E-state index contributed by atoms with van der Waals surface area (Å²) in [4.78, 5) is 3.56. The quantitative estimate of drug-likeness (QED) is 0.630. The van der Waals surface area contributed by atoms with Crippen molar-refractivity contribution in [2.24, 2.45) is 0 Å². The third-order valence-corrected chi connectivity index (χ3v) is 7.88. The number of anilines is 1. The zero-order valence-corrected chi connectivity index (χ0v) is 15.6. The van der Waals surface area contributed by atoms with Gasteiger partial charge < -0.3 is 0 Å². The predicted molar refractivity (Wildman–Crippen MR) is 101 cm³/mol. The van der Waals surface area contributed by atoms with E-state index < -0.39 is 0 Å². The van der Waals surface area contributed by atoms with E-state index in [4.69, 9.17) is 0 Å². The molecule has 1 nitrogen and oxygen atoms in total. The Morgan fingerprint density at radius 1 is 0.864 bits per heavy atom. The first kappa shape index (κ1) is 15.5. The molecule has 0 radical (unpaired) electrons. The summed E-state index contributed by atoms with van der Waals surface area (Å²) in [6.45, 7) is 2.13. The molecule has 0 amide bonds. The van der Waals surface area contributed by atoms with Crippen LogP contribution in [0.15, 0.2) is 65.6 Å². The van der Waals surface area contributed by atoms with Crippen LogP contribution < -0.4 is 9.36 Å². The van der Waals surface area contributed by atoms with Crippen LogP contribution in [0.5, 0.6) is 0 Å². The molecular weight excluding hydrogens is 353 g/mol. The fraction of sp³-hybridized carbons (Fsp3) is 0.158. The van der Waals surface area contributed by atoms with Gasteiger partial charge in [-0.05, 0) is 0 Å². The molecule has 0 N–H and O–H groups in total. The first-order valence-electron chi connectivity index (χ1n) is 7.25. The topological polar surface area (TPSA) is 3.24 Å². The van der Waals surface area contributed by atoms with Crippen LogP contribution in [0.25, 0.3) is 10.8 Å². The molecule has 0 bridgehead atoms.